The molecule has 1 aromatic carbocycles. The average Bonchev–Trinajstić information content (AvgIpc) is 2.23. The monoisotopic (exact) mass is 218 g/mol. The maximum atomic E-state index is 12.0. The standard InChI is InChI=1S/C12H14N2O2/c1-3-6-14-11(15)9-5-4-8(2)7-10(9)13-12(14)16/h4-5,7H,3,6H2,1-2H3,(H,13,16). The van der Waals surface area contributed by atoms with Crippen LogP contribution in [0.3, 0.4) is 0 Å². The van der Waals surface area contributed by atoms with Gasteiger partial charge in [0.05, 0.1) is 10.9 Å². The smallest absolute Gasteiger partial charge is 0.307 e. The molecule has 0 fully saturated rings. The number of aromatic amines is 1. The first-order chi connectivity index (χ1) is 7.63. The van der Waals surface area contributed by atoms with Crippen molar-refractivity contribution in [2.24, 2.45) is 0 Å². The Morgan fingerprint density at radius 2 is 2.06 bits per heavy atom. The van der Waals surface area contributed by atoms with Gasteiger partial charge in [-0.15, -0.1) is 0 Å². The van der Waals surface area contributed by atoms with Gasteiger partial charge >= 0.3 is 5.69 Å². The molecule has 4 nitrogen and oxygen atoms in total. The van der Waals surface area contributed by atoms with Crippen LogP contribution in [0.2, 0.25) is 0 Å². The number of nitrogens with one attached hydrogen (secondary N) is 1. The second-order valence-corrected chi connectivity index (χ2v) is 3.94. The number of fused-ring (bicyclic) bond motifs is 1. The first kappa shape index (κ1) is 10.7. The van der Waals surface area contributed by atoms with Crippen molar-refractivity contribution >= 4 is 10.9 Å². The quantitative estimate of drug-likeness (QED) is 0.828. The van der Waals surface area contributed by atoms with Crippen LogP contribution in [0, 0.1) is 6.92 Å². The molecule has 0 saturated carbocycles. The van der Waals surface area contributed by atoms with Crippen molar-refractivity contribution in [2.45, 2.75) is 26.8 Å². The zero-order chi connectivity index (χ0) is 11.7. The SMILES string of the molecule is CCCn1c(=O)[nH]c2cc(C)ccc2c1=O. The number of hydrogen-bond acceptors (Lipinski definition) is 2. The molecule has 16 heavy (non-hydrogen) atoms. The minimum atomic E-state index is -0.329. The second kappa shape index (κ2) is 3.96. The summed E-state index contributed by atoms with van der Waals surface area (Å²) in [5.74, 6) is 0. The lowest BCUT2D eigenvalue weighted by atomic mass is 10.2. The fourth-order valence-electron chi connectivity index (χ4n) is 1.80. The maximum absolute atomic E-state index is 12.0. The van der Waals surface area contributed by atoms with E-state index in [0.29, 0.717) is 17.4 Å². The zero-order valence-corrected chi connectivity index (χ0v) is 9.41. The lowest BCUT2D eigenvalue weighted by molar-refractivity contribution is 0.623. The van der Waals surface area contributed by atoms with Gasteiger partial charge in [-0.3, -0.25) is 9.36 Å². The zero-order valence-electron chi connectivity index (χ0n) is 9.41. The van der Waals surface area contributed by atoms with E-state index < -0.39 is 0 Å². The van der Waals surface area contributed by atoms with Crippen molar-refractivity contribution in [3.63, 3.8) is 0 Å². The number of aromatic nitrogens is 2. The van der Waals surface area contributed by atoms with Crippen LogP contribution in [0.5, 0.6) is 0 Å². The Bertz CT molecular complexity index is 637. The number of nitrogens with zero attached hydrogens (tertiary/aromatic N) is 1. The molecule has 1 aromatic heterocycles. The summed E-state index contributed by atoms with van der Waals surface area (Å²) in [5, 5.41) is 0.568. The Hall–Kier alpha value is -1.84. The molecule has 2 aromatic rings. The molecular weight excluding hydrogens is 204 g/mol. The molecule has 0 bridgehead atoms. The normalized spacial score (nSPS) is 10.9. The maximum Gasteiger partial charge on any atom is 0.328 e. The lowest BCUT2D eigenvalue weighted by Gasteiger charge is -2.04. The molecular formula is C12H14N2O2. The third-order valence-electron chi connectivity index (χ3n) is 2.58. The van der Waals surface area contributed by atoms with E-state index in [-0.39, 0.29) is 11.2 Å². The third kappa shape index (κ3) is 1.66. The summed E-state index contributed by atoms with van der Waals surface area (Å²) >= 11 is 0. The molecule has 0 aliphatic rings. The summed E-state index contributed by atoms with van der Waals surface area (Å²) in [7, 11) is 0. The van der Waals surface area contributed by atoms with Gasteiger partial charge in [-0.25, -0.2) is 4.79 Å². The van der Waals surface area contributed by atoms with Gasteiger partial charge in [0, 0.05) is 6.54 Å². The highest BCUT2D eigenvalue weighted by Gasteiger charge is 2.06. The first-order valence-corrected chi connectivity index (χ1v) is 5.37. The van der Waals surface area contributed by atoms with Gasteiger partial charge in [0.1, 0.15) is 0 Å². The molecule has 4 heteroatoms. The number of aryl methyl sites for hydroxylation is 1. The molecule has 0 atom stereocenters. The van der Waals surface area contributed by atoms with E-state index in [1.807, 2.05) is 26.0 Å². The van der Waals surface area contributed by atoms with Gasteiger partial charge in [0.25, 0.3) is 5.56 Å². The van der Waals surface area contributed by atoms with Crippen LogP contribution < -0.4 is 11.2 Å². The Morgan fingerprint density at radius 3 is 2.75 bits per heavy atom. The molecule has 0 saturated heterocycles. The van der Waals surface area contributed by atoms with Crippen LogP contribution in [0.15, 0.2) is 27.8 Å². The van der Waals surface area contributed by atoms with Gasteiger partial charge < -0.3 is 4.98 Å². The van der Waals surface area contributed by atoms with Crippen molar-refractivity contribution in [1.29, 1.82) is 0 Å². The van der Waals surface area contributed by atoms with E-state index in [9.17, 15) is 9.59 Å². The van der Waals surface area contributed by atoms with E-state index in [1.54, 1.807) is 6.07 Å². The first-order valence-electron chi connectivity index (χ1n) is 5.37. The van der Waals surface area contributed by atoms with Crippen molar-refractivity contribution in [3.05, 3.63) is 44.6 Å². The number of H-pyrrole nitrogens is 1. The van der Waals surface area contributed by atoms with Gasteiger partial charge in [-0.2, -0.15) is 0 Å². The molecule has 0 radical (unpaired) electrons. The summed E-state index contributed by atoms with van der Waals surface area (Å²) < 4.78 is 1.25. The van der Waals surface area contributed by atoms with Crippen LogP contribution in [0.1, 0.15) is 18.9 Å². The summed E-state index contributed by atoms with van der Waals surface area (Å²) in [6, 6.07) is 5.45. The average molecular weight is 218 g/mol. The van der Waals surface area contributed by atoms with Gasteiger partial charge in [0.15, 0.2) is 0 Å². The van der Waals surface area contributed by atoms with E-state index in [1.165, 1.54) is 4.57 Å². The Labute approximate surface area is 92.5 Å². The molecule has 0 spiro atoms. The number of benzene rings is 1. The number of hydrogen-bond donors (Lipinski definition) is 1. The lowest BCUT2D eigenvalue weighted by Crippen LogP contribution is -2.34. The van der Waals surface area contributed by atoms with E-state index >= 15 is 0 Å². The van der Waals surface area contributed by atoms with Crippen LogP contribution in [0.25, 0.3) is 10.9 Å². The van der Waals surface area contributed by atoms with Crippen molar-refractivity contribution < 1.29 is 0 Å². The summed E-state index contributed by atoms with van der Waals surface area (Å²) in [6.45, 7) is 4.32. The highest BCUT2D eigenvalue weighted by Crippen LogP contribution is 2.07. The van der Waals surface area contributed by atoms with Gasteiger partial charge in [-0.1, -0.05) is 13.0 Å². The molecule has 0 aliphatic carbocycles. The van der Waals surface area contributed by atoms with Crippen molar-refractivity contribution in [1.82, 2.24) is 9.55 Å². The summed E-state index contributed by atoms with van der Waals surface area (Å²) in [6.07, 6.45) is 0.764. The van der Waals surface area contributed by atoms with Crippen molar-refractivity contribution in [3.8, 4) is 0 Å². The fourth-order valence-corrected chi connectivity index (χ4v) is 1.80. The molecule has 2 rings (SSSR count). The summed E-state index contributed by atoms with van der Waals surface area (Å²) in [4.78, 5) is 26.4. The molecule has 84 valence electrons. The molecule has 1 N–H and O–H groups in total. The van der Waals surface area contributed by atoms with Gasteiger partial charge in [0.2, 0.25) is 0 Å². The second-order valence-electron chi connectivity index (χ2n) is 3.94. The van der Waals surface area contributed by atoms with Gasteiger partial charge in [-0.05, 0) is 31.0 Å². The fraction of sp³-hybridized carbons (Fsp3) is 0.333. The van der Waals surface area contributed by atoms with Crippen LogP contribution in [-0.2, 0) is 6.54 Å². The van der Waals surface area contributed by atoms with E-state index in [2.05, 4.69) is 4.98 Å². The Kier molecular flexibility index (Phi) is 2.64. The number of rotatable bonds is 2. The Morgan fingerprint density at radius 1 is 1.31 bits per heavy atom. The molecule has 1 heterocycles. The predicted octanol–water partition coefficient (Wildman–Crippen LogP) is 1.41. The highest BCUT2D eigenvalue weighted by atomic mass is 16.2. The predicted molar refractivity (Wildman–Crippen MR) is 63.9 cm³/mol. The molecule has 0 amide bonds. The Balaban J connectivity index is 2.84. The minimum absolute atomic E-state index is 0.208. The molecule has 0 aliphatic heterocycles. The van der Waals surface area contributed by atoms with E-state index in [0.717, 1.165) is 12.0 Å². The van der Waals surface area contributed by atoms with Crippen LogP contribution in [-0.4, -0.2) is 9.55 Å². The highest BCUT2D eigenvalue weighted by molar-refractivity contribution is 5.77. The van der Waals surface area contributed by atoms with Crippen LogP contribution in [0.4, 0.5) is 0 Å². The third-order valence-corrected chi connectivity index (χ3v) is 2.58. The summed E-state index contributed by atoms with van der Waals surface area (Å²) in [5.41, 5.74) is 1.10. The topological polar surface area (TPSA) is 54.9 Å². The van der Waals surface area contributed by atoms with Crippen molar-refractivity contribution in [2.75, 3.05) is 0 Å². The largest absolute Gasteiger partial charge is 0.328 e. The van der Waals surface area contributed by atoms with E-state index in [4.69, 9.17) is 0 Å². The minimum Gasteiger partial charge on any atom is -0.307 e. The van der Waals surface area contributed by atoms with Crippen LogP contribution >= 0.6 is 0 Å². The molecule has 0 unspecified atom stereocenters.